The van der Waals surface area contributed by atoms with Crippen LogP contribution in [0.4, 0.5) is 8.78 Å². The quantitative estimate of drug-likeness (QED) is 0.498. The molecule has 0 aliphatic heterocycles. The van der Waals surface area contributed by atoms with Crippen LogP contribution in [-0.4, -0.2) is 7.11 Å². The summed E-state index contributed by atoms with van der Waals surface area (Å²) in [5.41, 5.74) is 1.75. The third-order valence-corrected chi connectivity index (χ3v) is 2.72. The molecule has 2 aromatic rings. The van der Waals surface area contributed by atoms with Gasteiger partial charge in [0.05, 0.1) is 7.11 Å². The van der Waals surface area contributed by atoms with Crippen molar-refractivity contribution in [2.45, 2.75) is 0 Å². The van der Waals surface area contributed by atoms with E-state index in [1.54, 1.807) is 30.3 Å². The van der Waals surface area contributed by atoms with E-state index in [9.17, 15) is 8.78 Å². The van der Waals surface area contributed by atoms with Crippen LogP contribution in [0.2, 0.25) is 0 Å². The first-order valence-electron chi connectivity index (χ1n) is 5.42. The summed E-state index contributed by atoms with van der Waals surface area (Å²) < 4.78 is 32.1. The average Bonchev–Trinajstić information content (AvgIpc) is 2.42. The zero-order valence-corrected chi connectivity index (χ0v) is 18.3. The molecule has 6 heteroatoms. The third-order valence-electron chi connectivity index (χ3n) is 2.72. The minimum Gasteiger partial charge on any atom is -0.494 e. The first-order chi connectivity index (χ1) is 8.67. The smallest absolute Gasteiger partial charge is 0.201 e. The summed E-state index contributed by atoms with van der Waals surface area (Å²) in [6, 6.07) is 9.95. The largest absolute Gasteiger partial charge is 0.494 e. The van der Waals surface area contributed by atoms with Crippen LogP contribution < -0.4 is 4.74 Å². The second-order valence-corrected chi connectivity index (χ2v) is 3.77. The van der Waals surface area contributed by atoms with Crippen LogP contribution in [-0.2, 0) is 51.3 Å². The van der Waals surface area contributed by atoms with Crippen molar-refractivity contribution in [3.63, 3.8) is 0 Å². The van der Waals surface area contributed by atoms with Gasteiger partial charge in [0.25, 0.3) is 0 Å². The molecule has 0 aliphatic rings. The second-order valence-electron chi connectivity index (χ2n) is 3.77. The summed E-state index contributed by atoms with van der Waals surface area (Å²) in [6.45, 7) is 3.64. The van der Waals surface area contributed by atoms with E-state index in [0.29, 0.717) is 5.56 Å². The summed E-state index contributed by atoms with van der Waals surface area (Å²) in [6.07, 6.45) is 1.69. The van der Waals surface area contributed by atoms with Gasteiger partial charge in [0, 0.05) is 56.8 Å². The molecule has 1 unspecified atom stereocenters. The van der Waals surface area contributed by atoms with Crippen molar-refractivity contribution in [3.05, 3.63) is 67.6 Å². The van der Waals surface area contributed by atoms with Gasteiger partial charge >= 0.3 is 0 Å². The van der Waals surface area contributed by atoms with Gasteiger partial charge in [-0.1, -0.05) is 36.9 Å². The first kappa shape index (κ1) is 26.8. The van der Waals surface area contributed by atoms with Gasteiger partial charge in [0.15, 0.2) is 11.6 Å². The maximum Gasteiger partial charge on any atom is 0.201 e. The fourth-order valence-electron chi connectivity index (χ4n) is 1.71. The Balaban J connectivity index is -0.000000902. The molecule has 1 atom stereocenters. The molecule has 0 saturated carbocycles. The van der Waals surface area contributed by atoms with E-state index in [2.05, 4.69) is 6.58 Å². The number of rotatable bonds is 3. The molecule has 1 nitrogen and oxygen atoms in total. The van der Waals surface area contributed by atoms with E-state index in [-0.39, 0.29) is 79.9 Å². The van der Waals surface area contributed by atoms with Crippen LogP contribution >= 0.6 is 9.90 Å². The summed E-state index contributed by atoms with van der Waals surface area (Å²) >= 11 is 0. The molecular weight excluding hydrogens is 417 g/mol. The van der Waals surface area contributed by atoms with Crippen LogP contribution in [0, 0.1) is 19.1 Å². The van der Waals surface area contributed by atoms with Gasteiger partial charge in [-0.2, -0.15) is 14.3 Å². The van der Waals surface area contributed by atoms with Crippen LogP contribution in [0.25, 0.3) is 17.2 Å². The van der Waals surface area contributed by atoms with E-state index in [4.69, 9.17) is 4.74 Å². The molecule has 0 aromatic heterocycles. The van der Waals surface area contributed by atoms with Crippen molar-refractivity contribution in [3.8, 4) is 16.9 Å². The van der Waals surface area contributed by atoms with Crippen molar-refractivity contribution in [1.29, 1.82) is 0 Å². The molecule has 2 rings (SSSR count). The Bertz CT molecular complexity index is 591. The first-order valence-corrected chi connectivity index (χ1v) is 5.42. The molecule has 0 saturated heterocycles. The minimum atomic E-state index is -0.970. The summed E-state index contributed by atoms with van der Waals surface area (Å²) in [7, 11) is 1.30. The number of halogens is 2. The Kier molecular flexibility index (Phi) is 15.1. The van der Waals surface area contributed by atoms with E-state index < -0.39 is 11.6 Å². The number of ether oxygens (including phenoxy) is 1. The number of hydrogen-bond donors (Lipinski definition) is 0. The second kappa shape index (κ2) is 12.4. The zero-order valence-electron chi connectivity index (χ0n) is 12.6. The molecule has 22 heavy (non-hydrogen) atoms. The molecule has 0 N–H and O–H groups in total. The monoisotopic (exact) mass is 435 g/mol. The molecule has 0 aliphatic carbocycles. The maximum atomic E-state index is 13.8. The van der Waals surface area contributed by atoms with Crippen LogP contribution in [0.3, 0.4) is 0 Å². The van der Waals surface area contributed by atoms with Crippen molar-refractivity contribution >= 4 is 16.0 Å². The van der Waals surface area contributed by atoms with E-state index in [0.717, 1.165) is 5.56 Å². The normalized spacial score (nSPS) is 8.32. The predicted molar refractivity (Wildman–Crippen MR) is 86.0 cm³/mol. The van der Waals surface area contributed by atoms with Gasteiger partial charge in [-0.3, -0.25) is 0 Å². The Morgan fingerprint density at radius 1 is 1.00 bits per heavy atom. The molecule has 2 radical (unpaired) electrons. The van der Waals surface area contributed by atoms with E-state index in [1.165, 1.54) is 19.2 Å². The number of benzene rings is 2. The number of hydrogen-bond acceptors (Lipinski definition) is 1. The SMILES string of the molecule is C=Cc1ccc(-c2ccc(OC)c(F)c2F)cc1.P.[CH3-].[V].[Y]. The molecule has 0 spiro atoms. The van der Waals surface area contributed by atoms with Gasteiger partial charge in [0.2, 0.25) is 5.82 Å². The van der Waals surface area contributed by atoms with Crippen LogP contribution in [0.15, 0.2) is 43.0 Å². The van der Waals surface area contributed by atoms with Gasteiger partial charge in [-0.15, -0.1) is 0 Å². The van der Waals surface area contributed by atoms with Crippen LogP contribution in [0.5, 0.6) is 5.75 Å². The van der Waals surface area contributed by atoms with Gasteiger partial charge < -0.3 is 12.2 Å². The van der Waals surface area contributed by atoms with Crippen molar-refractivity contribution in [2.75, 3.05) is 7.11 Å². The van der Waals surface area contributed by atoms with Crippen LogP contribution in [0.1, 0.15) is 5.56 Å². The summed E-state index contributed by atoms with van der Waals surface area (Å²) in [4.78, 5) is 0. The zero-order chi connectivity index (χ0) is 13.1. The van der Waals surface area contributed by atoms with Gasteiger partial charge in [-0.05, 0) is 23.3 Å². The molecule has 0 heterocycles. The summed E-state index contributed by atoms with van der Waals surface area (Å²) in [5.74, 6) is -1.97. The van der Waals surface area contributed by atoms with E-state index in [1.807, 2.05) is 0 Å². The maximum absolute atomic E-state index is 13.8. The Morgan fingerprint density at radius 2 is 1.55 bits per heavy atom. The Morgan fingerprint density at radius 3 is 2.00 bits per heavy atom. The topological polar surface area (TPSA) is 9.23 Å². The Labute approximate surface area is 171 Å². The number of methoxy groups -OCH3 is 1. The average molecular weight is 435 g/mol. The van der Waals surface area contributed by atoms with Gasteiger partial charge in [0.1, 0.15) is 0 Å². The van der Waals surface area contributed by atoms with Crippen molar-refractivity contribution in [1.82, 2.24) is 0 Å². The Hall–Kier alpha value is -0.0417. The molecular formula is C16H18F2OPVY-. The van der Waals surface area contributed by atoms with E-state index >= 15 is 0 Å². The molecule has 0 fully saturated rings. The van der Waals surface area contributed by atoms with Crippen molar-refractivity contribution in [2.24, 2.45) is 0 Å². The fraction of sp³-hybridized carbons (Fsp3) is 0.0625. The predicted octanol–water partition coefficient (Wildman–Crippen LogP) is 4.79. The van der Waals surface area contributed by atoms with Crippen molar-refractivity contribution < 1.29 is 64.8 Å². The third kappa shape index (κ3) is 5.87. The molecule has 2 aromatic carbocycles. The molecule has 0 amide bonds. The molecule has 0 bridgehead atoms. The standard InChI is InChI=1S/C15H12F2O.CH3.H3P.V.Y/c1-3-10-4-6-11(7-5-10)12-8-9-13(18-2)15(17)14(12)16;;;;/h3-9H,1H2,2H3;2*1H3;;/q;-1;;;. The molecule has 116 valence electrons. The van der Waals surface area contributed by atoms with Gasteiger partial charge in [-0.25, -0.2) is 4.39 Å². The minimum absolute atomic E-state index is 0. The summed E-state index contributed by atoms with van der Waals surface area (Å²) in [5, 5.41) is 0. The fourth-order valence-corrected chi connectivity index (χ4v) is 1.71.